The lowest BCUT2D eigenvalue weighted by Gasteiger charge is -2.22. The number of likely N-dealkylation sites (tertiary alicyclic amines) is 1. The molecule has 0 bridgehead atoms. The first-order valence-corrected chi connectivity index (χ1v) is 8.60. The first kappa shape index (κ1) is 18.0. The number of halogens is 1. The number of methoxy groups -OCH3 is 1. The number of para-hydroxylation sites is 2. The van der Waals surface area contributed by atoms with E-state index < -0.39 is 0 Å². The molecule has 3 aliphatic heterocycles. The number of nitrogens with one attached hydrogen (secondary N) is 1. The summed E-state index contributed by atoms with van der Waals surface area (Å²) in [7, 11) is 1.60. The minimum Gasteiger partial charge on any atom is -0.495 e. The standard InChI is InChI=1S/C18H23N3O3.ClH/c1-24-16-5-3-2-4-15(16)21-11-12(6-17(21)22)18(23)20-9-13-7-19-8-14(13)10-20;/h2-5,12-14,19H,6-11H2,1H3;1H/t12?,13-,14+;. The molecule has 0 saturated carbocycles. The van der Waals surface area contributed by atoms with Gasteiger partial charge in [-0.25, -0.2) is 0 Å². The van der Waals surface area contributed by atoms with E-state index in [1.807, 2.05) is 29.2 Å². The summed E-state index contributed by atoms with van der Waals surface area (Å²) in [5.41, 5.74) is 0.753. The zero-order chi connectivity index (χ0) is 16.7. The van der Waals surface area contributed by atoms with Crippen molar-refractivity contribution < 1.29 is 14.3 Å². The zero-order valence-electron chi connectivity index (χ0n) is 14.3. The van der Waals surface area contributed by atoms with Crippen LogP contribution in [-0.4, -0.2) is 56.5 Å². The molecule has 3 saturated heterocycles. The molecule has 1 unspecified atom stereocenters. The monoisotopic (exact) mass is 365 g/mol. The highest BCUT2D eigenvalue weighted by Gasteiger charge is 2.43. The number of fused-ring (bicyclic) bond motifs is 1. The van der Waals surface area contributed by atoms with Gasteiger partial charge in [-0.3, -0.25) is 9.59 Å². The molecule has 0 radical (unpaired) electrons. The number of hydrogen-bond donors (Lipinski definition) is 1. The second-order valence-electron chi connectivity index (χ2n) is 7.00. The minimum atomic E-state index is -0.241. The third-order valence-corrected chi connectivity index (χ3v) is 5.55. The Labute approximate surface area is 153 Å². The van der Waals surface area contributed by atoms with E-state index >= 15 is 0 Å². The van der Waals surface area contributed by atoms with Crippen LogP contribution in [-0.2, 0) is 9.59 Å². The van der Waals surface area contributed by atoms with Gasteiger partial charge in [-0.1, -0.05) is 12.1 Å². The smallest absolute Gasteiger partial charge is 0.228 e. The predicted molar refractivity (Wildman–Crippen MR) is 97.1 cm³/mol. The molecule has 1 N–H and O–H groups in total. The molecule has 0 aliphatic carbocycles. The average Bonchev–Trinajstić information content (AvgIpc) is 3.28. The maximum absolute atomic E-state index is 12.9. The number of ether oxygens (including phenoxy) is 1. The van der Waals surface area contributed by atoms with Crippen molar-refractivity contribution in [2.24, 2.45) is 17.8 Å². The van der Waals surface area contributed by atoms with Gasteiger partial charge in [0, 0.05) is 39.1 Å². The van der Waals surface area contributed by atoms with Crippen LogP contribution >= 0.6 is 12.4 Å². The summed E-state index contributed by atoms with van der Waals surface area (Å²) >= 11 is 0. The highest BCUT2D eigenvalue weighted by atomic mass is 35.5. The van der Waals surface area contributed by atoms with Gasteiger partial charge in [0.05, 0.1) is 18.7 Å². The maximum Gasteiger partial charge on any atom is 0.228 e. The minimum absolute atomic E-state index is 0. The van der Waals surface area contributed by atoms with Crippen molar-refractivity contribution in [1.29, 1.82) is 0 Å². The van der Waals surface area contributed by atoms with E-state index in [2.05, 4.69) is 5.32 Å². The van der Waals surface area contributed by atoms with Crippen molar-refractivity contribution in [1.82, 2.24) is 10.2 Å². The largest absolute Gasteiger partial charge is 0.495 e. The zero-order valence-corrected chi connectivity index (χ0v) is 15.1. The molecule has 3 fully saturated rings. The Hall–Kier alpha value is -1.79. The Kier molecular flexibility index (Phi) is 5.20. The van der Waals surface area contributed by atoms with E-state index in [-0.39, 0.29) is 30.1 Å². The van der Waals surface area contributed by atoms with Crippen LogP contribution in [0.3, 0.4) is 0 Å². The summed E-state index contributed by atoms with van der Waals surface area (Å²) in [5.74, 6) is 1.72. The van der Waals surface area contributed by atoms with E-state index in [0.29, 0.717) is 30.6 Å². The van der Waals surface area contributed by atoms with Crippen LogP contribution in [0.5, 0.6) is 5.75 Å². The number of carbonyl (C=O) groups excluding carboxylic acids is 2. The van der Waals surface area contributed by atoms with Crippen molar-refractivity contribution in [3.8, 4) is 5.75 Å². The van der Waals surface area contributed by atoms with Gasteiger partial charge in [0.1, 0.15) is 5.75 Å². The van der Waals surface area contributed by atoms with Gasteiger partial charge >= 0.3 is 0 Å². The summed E-state index contributed by atoms with van der Waals surface area (Å²) in [4.78, 5) is 29.0. The molecule has 0 aromatic heterocycles. The van der Waals surface area contributed by atoms with Crippen molar-refractivity contribution in [2.75, 3.05) is 44.7 Å². The maximum atomic E-state index is 12.9. The number of anilines is 1. The lowest BCUT2D eigenvalue weighted by Crippen LogP contribution is -2.37. The Balaban J connectivity index is 0.00000182. The fourth-order valence-corrected chi connectivity index (χ4v) is 4.25. The molecule has 25 heavy (non-hydrogen) atoms. The summed E-state index contributed by atoms with van der Waals surface area (Å²) in [6.07, 6.45) is 0.293. The number of nitrogens with zero attached hydrogens (tertiary/aromatic N) is 2. The Morgan fingerprint density at radius 2 is 1.84 bits per heavy atom. The van der Waals surface area contributed by atoms with Gasteiger partial charge < -0.3 is 19.9 Å². The Bertz CT molecular complexity index is 657. The predicted octanol–water partition coefficient (Wildman–Crippen LogP) is 1.15. The average molecular weight is 366 g/mol. The second kappa shape index (κ2) is 7.22. The summed E-state index contributed by atoms with van der Waals surface area (Å²) in [5, 5.41) is 3.39. The van der Waals surface area contributed by atoms with E-state index in [0.717, 1.165) is 31.9 Å². The van der Waals surface area contributed by atoms with Crippen molar-refractivity contribution >= 4 is 29.9 Å². The topological polar surface area (TPSA) is 61.9 Å². The van der Waals surface area contributed by atoms with Gasteiger partial charge in [0.15, 0.2) is 0 Å². The van der Waals surface area contributed by atoms with E-state index in [4.69, 9.17) is 4.74 Å². The molecule has 6 nitrogen and oxygen atoms in total. The molecular formula is C18H24ClN3O3. The molecular weight excluding hydrogens is 342 g/mol. The Morgan fingerprint density at radius 3 is 2.52 bits per heavy atom. The van der Waals surface area contributed by atoms with Gasteiger partial charge in [-0.15, -0.1) is 12.4 Å². The van der Waals surface area contributed by atoms with Gasteiger partial charge in [0.2, 0.25) is 11.8 Å². The van der Waals surface area contributed by atoms with Crippen LogP contribution in [0.4, 0.5) is 5.69 Å². The van der Waals surface area contributed by atoms with Gasteiger partial charge in [0.25, 0.3) is 0 Å². The number of carbonyl (C=O) groups is 2. The SMILES string of the molecule is COc1ccccc1N1CC(C(=O)N2C[C@H]3CNC[C@H]3C2)CC1=O.Cl. The van der Waals surface area contributed by atoms with Gasteiger partial charge in [-0.05, 0) is 24.0 Å². The fourth-order valence-electron chi connectivity index (χ4n) is 4.25. The molecule has 0 spiro atoms. The van der Waals surface area contributed by atoms with Crippen molar-refractivity contribution in [3.05, 3.63) is 24.3 Å². The second-order valence-corrected chi connectivity index (χ2v) is 7.00. The quantitative estimate of drug-likeness (QED) is 0.872. The lowest BCUT2D eigenvalue weighted by atomic mass is 10.0. The molecule has 1 aromatic carbocycles. The third-order valence-electron chi connectivity index (χ3n) is 5.55. The summed E-state index contributed by atoms with van der Waals surface area (Å²) in [6, 6.07) is 7.47. The molecule has 3 aliphatic rings. The van der Waals surface area contributed by atoms with Crippen LogP contribution in [0.2, 0.25) is 0 Å². The molecule has 1 aromatic rings. The molecule has 3 atom stereocenters. The van der Waals surface area contributed by atoms with Crippen LogP contribution in [0.15, 0.2) is 24.3 Å². The lowest BCUT2D eigenvalue weighted by molar-refractivity contribution is -0.135. The third kappa shape index (κ3) is 3.20. The summed E-state index contributed by atoms with van der Waals surface area (Å²) in [6.45, 7) is 4.12. The number of amides is 2. The number of rotatable bonds is 3. The molecule has 2 amide bonds. The van der Waals surface area contributed by atoms with Crippen LogP contribution in [0.1, 0.15) is 6.42 Å². The van der Waals surface area contributed by atoms with Crippen LogP contribution in [0.25, 0.3) is 0 Å². The molecule has 136 valence electrons. The fraction of sp³-hybridized carbons (Fsp3) is 0.556. The number of benzene rings is 1. The van der Waals surface area contributed by atoms with Crippen LogP contribution < -0.4 is 15.0 Å². The summed E-state index contributed by atoms with van der Waals surface area (Å²) < 4.78 is 5.36. The normalized spacial score (nSPS) is 28.0. The first-order valence-electron chi connectivity index (χ1n) is 8.60. The Morgan fingerprint density at radius 1 is 1.16 bits per heavy atom. The van der Waals surface area contributed by atoms with E-state index in [1.165, 1.54) is 0 Å². The van der Waals surface area contributed by atoms with Crippen molar-refractivity contribution in [2.45, 2.75) is 6.42 Å². The molecule has 7 heteroatoms. The molecule has 4 rings (SSSR count). The molecule has 3 heterocycles. The highest BCUT2D eigenvalue weighted by molar-refractivity contribution is 6.01. The van der Waals surface area contributed by atoms with E-state index in [9.17, 15) is 9.59 Å². The van der Waals surface area contributed by atoms with Crippen molar-refractivity contribution in [3.63, 3.8) is 0 Å². The van der Waals surface area contributed by atoms with Gasteiger partial charge in [-0.2, -0.15) is 0 Å². The first-order chi connectivity index (χ1) is 11.7. The van der Waals surface area contributed by atoms with E-state index in [1.54, 1.807) is 12.0 Å². The highest BCUT2D eigenvalue weighted by Crippen LogP contribution is 2.34. The van der Waals surface area contributed by atoms with Crippen LogP contribution in [0, 0.1) is 17.8 Å². The number of hydrogen-bond acceptors (Lipinski definition) is 4.